The second kappa shape index (κ2) is 8.47. The minimum absolute atomic E-state index is 0.0160. The van der Waals surface area contributed by atoms with Crippen LogP contribution in [-0.2, 0) is 16.6 Å². The van der Waals surface area contributed by atoms with E-state index < -0.39 is 33.3 Å². The van der Waals surface area contributed by atoms with E-state index in [1.165, 1.54) is 23.6 Å². The number of halogens is 2. The van der Waals surface area contributed by atoms with Gasteiger partial charge in [0, 0.05) is 9.13 Å². The summed E-state index contributed by atoms with van der Waals surface area (Å²) in [5.41, 5.74) is 0.0293. The number of anilines is 3. The first-order valence-electron chi connectivity index (χ1n) is 10.0. The number of aliphatic hydroxyl groups is 2. The van der Waals surface area contributed by atoms with Crippen LogP contribution in [0.15, 0.2) is 23.0 Å². The maximum atomic E-state index is 14.5. The average molecular weight is 579 g/mol. The third-order valence-corrected chi connectivity index (χ3v) is 8.69. The Morgan fingerprint density at radius 1 is 1.34 bits per heavy atom. The van der Waals surface area contributed by atoms with Gasteiger partial charge in [-0.1, -0.05) is 0 Å². The molecule has 0 saturated heterocycles. The lowest BCUT2D eigenvalue weighted by Crippen LogP contribution is -2.35. The van der Waals surface area contributed by atoms with Gasteiger partial charge in [0.15, 0.2) is 0 Å². The molecule has 174 valence electrons. The monoisotopic (exact) mass is 579 g/mol. The second-order valence-electron chi connectivity index (χ2n) is 8.06. The summed E-state index contributed by atoms with van der Waals surface area (Å²) in [4.78, 5) is 12.8. The first-order valence-corrected chi connectivity index (χ1v) is 12.6. The van der Waals surface area contributed by atoms with Crippen LogP contribution in [0.2, 0.25) is 0 Å². The molecule has 9 nitrogen and oxygen atoms in total. The van der Waals surface area contributed by atoms with Crippen LogP contribution in [0.5, 0.6) is 5.88 Å². The van der Waals surface area contributed by atoms with Crippen LogP contribution in [0, 0.1) is 16.3 Å². The van der Waals surface area contributed by atoms with Crippen LogP contribution in [0.4, 0.5) is 21.5 Å². The number of ether oxygens (including phenoxy) is 1. The van der Waals surface area contributed by atoms with Crippen LogP contribution in [0.1, 0.15) is 24.8 Å². The lowest BCUT2D eigenvalue weighted by Gasteiger charge is -2.23. The summed E-state index contributed by atoms with van der Waals surface area (Å²) in [6.07, 6.45) is -0.650. The van der Waals surface area contributed by atoms with Crippen molar-refractivity contribution in [2.24, 2.45) is 0 Å². The van der Waals surface area contributed by atoms with Crippen molar-refractivity contribution in [2.75, 3.05) is 23.3 Å². The molecule has 0 amide bonds. The molecule has 1 unspecified atom stereocenters. The zero-order chi connectivity index (χ0) is 23.3. The summed E-state index contributed by atoms with van der Waals surface area (Å²) in [5, 5.41) is 21.9. The van der Waals surface area contributed by atoms with E-state index in [0.29, 0.717) is 16.4 Å². The van der Waals surface area contributed by atoms with E-state index in [-0.39, 0.29) is 53.6 Å². The molecule has 32 heavy (non-hydrogen) atoms. The van der Waals surface area contributed by atoms with Crippen LogP contribution in [0.25, 0.3) is 0 Å². The quantitative estimate of drug-likeness (QED) is 0.353. The van der Waals surface area contributed by atoms with Crippen LogP contribution in [-0.4, -0.2) is 47.3 Å². The number of aromatic nitrogens is 1. The number of fused-ring (bicyclic) bond motifs is 1. The molecule has 1 atom stereocenters. The predicted octanol–water partition coefficient (Wildman–Crippen LogP) is 2.05. The number of sulfonamides is 1. The summed E-state index contributed by atoms with van der Waals surface area (Å²) < 4.78 is 50.0. The van der Waals surface area contributed by atoms with Crippen molar-refractivity contribution in [3.8, 4) is 5.88 Å². The van der Waals surface area contributed by atoms with E-state index in [0.717, 1.165) is 0 Å². The molecule has 12 heteroatoms. The lowest BCUT2D eigenvalue weighted by atomic mass is 10.2. The third-order valence-electron chi connectivity index (χ3n) is 5.83. The molecule has 1 aromatic carbocycles. The minimum Gasteiger partial charge on any atom is -0.475 e. The highest BCUT2D eigenvalue weighted by molar-refractivity contribution is 14.1. The maximum absolute atomic E-state index is 14.5. The fourth-order valence-corrected chi connectivity index (χ4v) is 6.03. The van der Waals surface area contributed by atoms with E-state index >= 15 is 0 Å². The van der Waals surface area contributed by atoms with Crippen LogP contribution in [0.3, 0.4) is 0 Å². The number of hydrogen-bond acceptors (Lipinski definition) is 7. The summed E-state index contributed by atoms with van der Waals surface area (Å²) in [7, 11) is -4.04. The van der Waals surface area contributed by atoms with E-state index in [4.69, 9.17) is 9.84 Å². The Morgan fingerprint density at radius 3 is 2.69 bits per heavy atom. The first-order chi connectivity index (χ1) is 15.1. The van der Waals surface area contributed by atoms with Gasteiger partial charge in [0.25, 0.3) is 5.56 Å². The van der Waals surface area contributed by atoms with Gasteiger partial charge in [-0.15, -0.1) is 0 Å². The highest BCUT2D eigenvalue weighted by Gasteiger charge is 2.56. The van der Waals surface area contributed by atoms with Gasteiger partial charge in [0.2, 0.25) is 15.9 Å². The Bertz CT molecular complexity index is 1230. The Balaban J connectivity index is 1.80. The van der Waals surface area contributed by atoms with Gasteiger partial charge in [0.05, 0.1) is 35.4 Å². The molecule has 1 aliphatic carbocycles. The summed E-state index contributed by atoms with van der Waals surface area (Å²) >= 11 is 1.97. The molecule has 0 radical (unpaired) electrons. The Morgan fingerprint density at radius 2 is 2.06 bits per heavy atom. The number of nitrogens with zero attached hydrogens (tertiary/aromatic N) is 1. The number of benzene rings is 1. The minimum atomic E-state index is -4.04. The van der Waals surface area contributed by atoms with Crippen molar-refractivity contribution in [2.45, 2.75) is 43.6 Å². The molecule has 4 N–H and O–H groups in total. The van der Waals surface area contributed by atoms with Crippen LogP contribution >= 0.6 is 22.6 Å². The number of rotatable bonds is 8. The molecule has 2 aliphatic rings. The van der Waals surface area contributed by atoms with E-state index in [2.05, 4.69) is 10.0 Å². The number of nitrogens with one attached hydrogen (secondary N) is 2. The predicted molar refractivity (Wildman–Crippen MR) is 126 cm³/mol. The largest absolute Gasteiger partial charge is 0.475 e. The van der Waals surface area contributed by atoms with Crippen molar-refractivity contribution >= 4 is 49.7 Å². The molecule has 4 rings (SSSR count). The molecule has 1 aromatic heterocycles. The zero-order valence-corrected chi connectivity index (χ0v) is 20.2. The Hall–Kier alpha value is -1.90. The molecule has 2 heterocycles. The van der Waals surface area contributed by atoms with Gasteiger partial charge in [0.1, 0.15) is 18.1 Å². The Kier molecular flexibility index (Phi) is 6.15. The van der Waals surface area contributed by atoms with Crippen molar-refractivity contribution in [3.63, 3.8) is 0 Å². The first kappa shape index (κ1) is 23.3. The summed E-state index contributed by atoms with van der Waals surface area (Å²) in [6.45, 7) is 1.44. The normalized spacial score (nSPS) is 17.4. The number of hydrogen-bond donors (Lipinski definition) is 4. The van der Waals surface area contributed by atoms with Gasteiger partial charge in [-0.2, -0.15) is 0 Å². The Labute approximate surface area is 197 Å². The van der Waals surface area contributed by atoms with E-state index in [9.17, 15) is 22.7 Å². The van der Waals surface area contributed by atoms with Gasteiger partial charge in [-0.25, -0.2) is 12.8 Å². The molecule has 0 bridgehead atoms. The number of aliphatic hydroxyl groups excluding tert-OH is 2. The highest BCUT2D eigenvalue weighted by Crippen LogP contribution is 2.49. The topological polar surface area (TPSA) is 130 Å². The van der Waals surface area contributed by atoms with Crippen molar-refractivity contribution in [3.05, 3.63) is 43.5 Å². The highest BCUT2D eigenvalue weighted by atomic mass is 127. The van der Waals surface area contributed by atoms with Gasteiger partial charge in [-0.3, -0.25) is 14.1 Å². The molecular weight excluding hydrogens is 556 g/mol. The maximum Gasteiger partial charge on any atom is 0.258 e. The SMILES string of the molecule is Cc1c(Nc2ccc(I)cc2F)c(NS(=O)(=O)C2(CC(O)CO)CC2)c2n(c1=O)CCO2. The van der Waals surface area contributed by atoms with Crippen molar-refractivity contribution in [1.82, 2.24) is 4.57 Å². The smallest absolute Gasteiger partial charge is 0.258 e. The van der Waals surface area contributed by atoms with Crippen LogP contribution < -0.4 is 20.3 Å². The summed E-state index contributed by atoms with van der Waals surface area (Å²) in [6, 6.07) is 4.49. The number of pyridine rings is 1. The molecule has 1 aliphatic heterocycles. The fourth-order valence-electron chi connectivity index (χ4n) is 3.85. The van der Waals surface area contributed by atoms with Gasteiger partial charge in [-0.05, 0) is 67.0 Å². The molecule has 0 spiro atoms. The fraction of sp³-hybridized carbons (Fsp3) is 0.450. The van der Waals surface area contributed by atoms with E-state index in [1.54, 1.807) is 6.07 Å². The molecule has 1 fully saturated rings. The average Bonchev–Trinajstić information content (AvgIpc) is 3.36. The molecular formula is C20H23FIN3O6S. The molecule has 1 saturated carbocycles. The lowest BCUT2D eigenvalue weighted by molar-refractivity contribution is 0.0858. The summed E-state index contributed by atoms with van der Waals surface area (Å²) in [5.74, 6) is -0.507. The zero-order valence-electron chi connectivity index (χ0n) is 17.2. The second-order valence-corrected chi connectivity index (χ2v) is 11.4. The van der Waals surface area contributed by atoms with E-state index in [1.807, 2.05) is 22.6 Å². The van der Waals surface area contributed by atoms with Gasteiger partial charge >= 0.3 is 0 Å². The van der Waals surface area contributed by atoms with Crippen molar-refractivity contribution < 1.29 is 27.8 Å². The third kappa shape index (κ3) is 4.08. The van der Waals surface area contributed by atoms with Crippen molar-refractivity contribution in [1.29, 1.82) is 0 Å². The van der Waals surface area contributed by atoms with Gasteiger partial charge < -0.3 is 20.3 Å². The molecule has 2 aromatic rings. The standard InChI is InChI=1S/C20H23FIN3O6S/c1-11-16(23-15-3-2-12(22)8-14(15)21)17(19-25(18(11)28)6-7-31-19)24-32(29,30)20(4-5-20)9-13(27)10-26/h2-3,8,13,23-24,26-27H,4-7,9-10H2,1H3.